The summed E-state index contributed by atoms with van der Waals surface area (Å²) < 4.78 is 19.2. The summed E-state index contributed by atoms with van der Waals surface area (Å²) in [4.78, 5) is 29.7. The molecule has 0 unspecified atom stereocenters. The van der Waals surface area contributed by atoms with E-state index < -0.39 is 5.82 Å². The highest BCUT2D eigenvalue weighted by Crippen LogP contribution is 2.37. The van der Waals surface area contributed by atoms with E-state index in [9.17, 15) is 9.18 Å². The average molecular weight is 568 g/mol. The normalized spacial score (nSPS) is 18.7. The number of aromatic nitrogens is 2. The minimum atomic E-state index is -0.513. The van der Waals surface area contributed by atoms with Crippen LogP contribution in [-0.4, -0.2) is 58.6 Å². The number of anilines is 1. The van der Waals surface area contributed by atoms with Gasteiger partial charge in [0.25, 0.3) is 0 Å². The van der Waals surface area contributed by atoms with E-state index in [1.165, 1.54) is 69.8 Å². The number of rotatable bonds is 8. The van der Waals surface area contributed by atoms with Crippen LogP contribution in [0.2, 0.25) is 5.02 Å². The number of halogens is 2. The summed E-state index contributed by atoms with van der Waals surface area (Å²) in [7, 11) is 0. The first-order valence-corrected chi connectivity index (χ1v) is 14.9. The Bertz CT molecular complexity index is 1380. The molecule has 2 aliphatic heterocycles. The second kappa shape index (κ2) is 11.7. The van der Waals surface area contributed by atoms with Crippen molar-refractivity contribution in [3.05, 3.63) is 52.2 Å². The lowest BCUT2D eigenvalue weighted by Crippen LogP contribution is -2.41. The zero-order chi connectivity index (χ0) is 26.8. The number of thiazole rings is 1. The summed E-state index contributed by atoms with van der Waals surface area (Å²) in [6.07, 6.45) is 9.74. The van der Waals surface area contributed by atoms with Crippen molar-refractivity contribution in [2.24, 2.45) is 10.9 Å². The first-order chi connectivity index (χ1) is 19.0. The maximum Gasteiger partial charge on any atom is 0.183 e. The van der Waals surface area contributed by atoms with Crippen molar-refractivity contribution < 1.29 is 13.9 Å². The Balaban J connectivity index is 1.11. The van der Waals surface area contributed by atoms with Gasteiger partial charge in [0.1, 0.15) is 35.2 Å². The Kier molecular flexibility index (Phi) is 7.90. The van der Waals surface area contributed by atoms with Crippen molar-refractivity contribution in [3.63, 3.8) is 0 Å². The molecule has 1 aromatic carbocycles. The van der Waals surface area contributed by atoms with Gasteiger partial charge in [-0.25, -0.2) is 9.37 Å². The summed E-state index contributed by atoms with van der Waals surface area (Å²) >= 11 is 7.39. The molecule has 7 nitrogen and oxygen atoms in total. The smallest absolute Gasteiger partial charge is 0.183 e. The number of ketones is 1. The van der Waals surface area contributed by atoms with Crippen LogP contribution in [-0.2, 0) is 0 Å². The highest BCUT2D eigenvalue weighted by molar-refractivity contribution is 7.14. The molecule has 2 aromatic heterocycles. The van der Waals surface area contributed by atoms with E-state index in [1.807, 2.05) is 5.38 Å². The topological polar surface area (TPSA) is 79.7 Å². The van der Waals surface area contributed by atoms with Crippen molar-refractivity contribution in [3.8, 4) is 17.1 Å². The van der Waals surface area contributed by atoms with Gasteiger partial charge in [-0.2, -0.15) is 0 Å². The summed E-state index contributed by atoms with van der Waals surface area (Å²) in [5, 5.41) is 6.32. The van der Waals surface area contributed by atoms with Gasteiger partial charge in [-0.1, -0.05) is 24.4 Å². The number of hydrogen-bond acceptors (Lipinski definition) is 8. The molecular weight excluding hydrogens is 537 g/mol. The number of benzene rings is 1. The number of piperidine rings is 1. The van der Waals surface area contributed by atoms with Crippen molar-refractivity contribution in [1.29, 1.82) is 0 Å². The minimum absolute atomic E-state index is 0.0199. The van der Waals surface area contributed by atoms with Crippen LogP contribution in [0.3, 0.4) is 0 Å². The number of nitrogens with zero attached hydrogens (tertiary/aromatic N) is 4. The van der Waals surface area contributed by atoms with Crippen LogP contribution in [0.25, 0.3) is 11.4 Å². The third-order valence-electron chi connectivity index (χ3n) is 7.93. The number of pyridine rings is 1. The lowest BCUT2D eigenvalue weighted by Gasteiger charge is -2.36. The first-order valence-electron chi connectivity index (χ1n) is 13.6. The lowest BCUT2D eigenvalue weighted by molar-refractivity contribution is 0.0998. The number of hydrogen-bond donors (Lipinski definition) is 1. The van der Waals surface area contributed by atoms with Gasteiger partial charge in [-0.05, 0) is 62.9 Å². The van der Waals surface area contributed by atoms with Gasteiger partial charge in [-0.15, -0.1) is 11.3 Å². The molecule has 1 saturated heterocycles. The molecule has 204 valence electrons. The summed E-state index contributed by atoms with van der Waals surface area (Å²) in [5.41, 5.74) is 2.89. The minimum Gasteiger partial charge on any atom is -0.488 e. The van der Waals surface area contributed by atoms with Crippen molar-refractivity contribution in [2.45, 2.75) is 51.0 Å². The Hall–Kier alpha value is -2.88. The largest absolute Gasteiger partial charge is 0.488 e. The van der Waals surface area contributed by atoms with Crippen LogP contribution in [0.1, 0.15) is 55.3 Å². The predicted molar refractivity (Wildman–Crippen MR) is 153 cm³/mol. The number of nitrogens with one attached hydrogen (secondary N) is 1. The van der Waals surface area contributed by atoms with Crippen LogP contribution < -0.4 is 10.1 Å². The molecule has 1 N–H and O–H groups in total. The quantitative estimate of drug-likeness (QED) is 0.322. The fraction of sp³-hybridized carbons (Fsp3) is 0.448. The molecule has 2 fully saturated rings. The lowest BCUT2D eigenvalue weighted by atomic mass is 9.95. The molecule has 0 atom stereocenters. The molecule has 3 aromatic rings. The van der Waals surface area contributed by atoms with E-state index in [4.69, 9.17) is 26.3 Å². The molecule has 39 heavy (non-hydrogen) atoms. The third-order valence-corrected chi connectivity index (χ3v) is 9.02. The first kappa shape index (κ1) is 26.3. The van der Waals surface area contributed by atoms with Gasteiger partial charge in [0, 0.05) is 35.8 Å². The predicted octanol–water partition coefficient (Wildman–Crippen LogP) is 6.80. The molecule has 3 aliphatic rings. The van der Waals surface area contributed by atoms with E-state index in [-0.39, 0.29) is 23.8 Å². The van der Waals surface area contributed by atoms with Crippen LogP contribution in [0, 0.1) is 11.7 Å². The number of carbonyl (C=O) groups is 1. The van der Waals surface area contributed by atoms with Gasteiger partial charge >= 0.3 is 0 Å². The van der Waals surface area contributed by atoms with E-state index >= 15 is 0 Å². The highest BCUT2D eigenvalue weighted by Gasteiger charge is 2.28. The summed E-state index contributed by atoms with van der Waals surface area (Å²) in [6, 6.07) is 6.66. The molecule has 0 amide bonds. The maximum absolute atomic E-state index is 13.5. The van der Waals surface area contributed by atoms with Gasteiger partial charge in [0.2, 0.25) is 0 Å². The van der Waals surface area contributed by atoms with Crippen molar-refractivity contribution in [2.75, 3.05) is 31.6 Å². The molecule has 10 heteroatoms. The van der Waals surface area contributed by atoms with Gasteiger partial charge in [0.15, 0.2) is 10.9 Å². The molecule has 1 saturated carbocycles. The Morgan fingerprint density at radius 2 is 1.97 bits per heavy atom. The Morgan fingerprint density at radius 1 is 1.15 bits per heavy atom. The molecule has 4 heterocycles. The fourth-order valence-corrected chi connectivity index (χ4v) is 6.64. The Morgan fingerprint density at radius 3 is 2.77 bits per heavy atom. The van der Waals surface area contributed by atoms with Crippen LogP contribution in [0.4, 0.5) is 15.2 Å². The molecular formula is C29H31ClFN5O2S. The number of ether oxygens (including phenoxy) is 1. The average Bonchev–Trinajstić information content (AvgIpc) is 3.66. The molecule has 1 aliphatic carbocycles. The molecule has 6 rings (SSSR count). The van der Waals surface area contributed by atoms with Gasteiger partial charge in [-0.3, -0.25) is 14.8 Å². The maximum atomic E-state index is 13.5. The van der Waals surface area contributed by atoms with E-state index in [0.29, 0.717) is 40.0 Å². The molecule has 0 radical (unpaired) electrons. The highest BCUT2D eigenvalue weighted by atomic mass is 35.5. The zero-order valence-corrected chi connectivity index (χ0v) is 23.2. The van der Waals surface area contributed by atoms with Crippen molar-refractivity contribution >= 4 is 45.3 Å². The van der Waals surface area contributed by atoms with Gasteiger partial charge in [0.05, 0.1) is 17.2 Å². The fourth-order valence-electron chi connectivity index (χ4n) is 5.76. The second-order valence-electron chi connectivity index (χ2n) is 10.5. The third kappa shape index (κ3) is 6.00. The summed E-state index contributed by atoms with van der Waals surface area (Å²) in [5.74, 6) is 0.504. The van der Waals surface area contributed by atoms with Crippen LogP contribution >= 0.6 is 22.9 Å². The number of carbonyl (C=O) groups excluding carboxylic acids is 1. The number of Topliss-reactive ketones (excluding diaryl/α,β-unsaturated/α-hetero) is 1. The number of aliphatic imine (C=N–C) groups is 1. The molecule has 0 bridgehead atoms. The van der Waals surface area contributed by atoms with Crippen LogP contribution in [0.5, 0.6) is 5.75 Å². The van der Waals surface area contributed by atoms with Gasteiger partial charge < -0.3 is 15.0 Å². The number of likely N-dealkylation sites (tertiary alicyclic amines) is 1. The second-order valence-corrected chi connectivity index (χ2v) is 11.8. The standard InChI is InChI=1S/C29H31ClFN5O2S/c30-23-14-21(5-6-24(23)31)38-16-19-13-26(37)22-7-10-32-28(27(22)34-19)25-17-39-29(35-25)33-15-18-8-11-36(12-9-18)20-3-1-2-4-20/h5-7,10,14,17-18,20H,1-4,8-9,11-13,15-16H2,(H,33,35). The number of fused-ring (bicyclic) bond motifs is 1. The van der Waals surface area contributed by atoms with E-state index in [1.54, 1.807) is 23.6 Å². The van der Waals surface area contributed by atoms with E-state index in [0.717, 1.165) is 17.7 Å². The Labute approximate surface area is 236 Å². The van der Waals surface area contributed by atoms with E-state index in [2.05, 4.69) is 15.2 Å². The summed E-state index contributed by atoms with van der Waals surface area (Å²) in [6.45, 7) is 3.40. The van der Waals surface area contributed by atoms with Crippen molar-refractivity contribution in [1.82, 2.24) is 14.9 Å². The van der Waals surface area contributed by atoms with Crippen LogP contribution in [0.15, 0.2) is 40.8 Å². The SMILES string of the molecule is O=C1CC(COc2ccc(F)c(Cl)c2)=Nc2c1ccnc2-c1csc(NCC2CCN(C3CCCC3)CC2)n1. The monoisotopic (exact) mass is 567 g/mol. The zero-order valence-electron chi connectivity index (χ0n) is 21.7. The molecule has 0 spiro atoms.